The number of hydrogen-bond donors (Lipinski definition) is 0. The van der Waals surface area contributed by atoms with Crippen LogP contribution in [0.3, 0.4) is 0 Å². The maximum atomic E-state index is 2.69. The highest BCUT2D eigenvalue weighted by Gasteiger charge is 2.30. The molecule has 0 bridgehead atoms. The lowest BCUT2D eigenvalue weighted by Crippen LogP contribution is -2.47. The number of thioether (sulfide) groups is 1. The molecule has 0 N–H and O–H groups in total. The van der Waals surface area contributed by atoms with Crippen LogP contribution in [0.5, 0.6) is 0 Å². The van der Waals surface area contributed by atoms with Crippen LogP contribution in [0, 0.1) is 5.92 Å². The van der Waals surface area contributed by atoms with Gasteiger partial charge in [0.1, 0.15) is 0 Å². The number of hydrogen-bond acceptors (Lipinski definition) is 2. The summed E-state index contributed by atoms with van der Waals surface area (Å²) in [5.41, 5.74) is 0. The van der Waals surface area contributed by atoms with Crippen LogP contribution in [-0.2, 0) is 0 Å². The van der Waals surface area contributed by atoms with Gasteiger partial charge in [0, 0.05) is 30.6 Å². The molecule has 11 heavy (non-hydrogen) atoms. The fourth-order valence-electron chi connectivity index (χ4n) is 2.10. The van der Waals surface area contributed by atoms with Crippen LogP contribution in [0.15, 0.2) is 0 Å². The topological polar surface area (TPSA) is 3.24 Å². The first kappa shape index (κ1) is 7.93. The van der Waals surface area contributed by atoms with Gasteiger partial charge in [-0.3, -0.25) is 4.90 Å². The molecule has 2 rings (SSSR count). The van der Waals surface area contributed by atoms with E-state index in [2.05, 4.69) is 23.6 Å². The summed E-state index contributed by atoms with van der Waals surface area (Å²) < 4.78 is 0. The fourth-order valence-corrected chi connectivity index (χ4v) is 3.03. The Hall–Kier alpha value is 0.310. The van der Waals surface area contributed by atoms with Crippen molar-refractivity contribution in [1.29, 1.82) is 0 Å². The van der Waals surface area contributed by atoms with E-state index in [9.17, 15) is 0 Å². The zero-order valence-electron chi connectivity index (χ0n) is 7.25. The third kappa shape index (κ3) is 1.73. The van der Waals surface area contributed by atoms with Crippen molar-refractivity contribution in [2.75, 3.05) is 24.6 Å². The van der Waals surface area contributed by atoms with Gasteiger partial charge in [-0.05, 0) is 18.8 Å². The molecule has 0 amide bonds. The Morgan fingerprint density at radius 1 is 1.18 bits per heavy atom. The number of nitrogens with zero attached hydrogens (tertiary/aromatic N) is 1. The first-order chi connectivity index (χ1) is 5.36. The second kappa shape index (κ2) is 3.36. The summed E-state index contributed by atoms with van der Waals surface area (Å²) in [7, 11) is 0. The molecule has 0 unspecified atom stereocenters. The van der Waals surface area contributed by atoms with E-state index < -0.39 is 0 Å². The molecule has 0 spiro atoms. The Morgan fingerprint density at radius 2 is 1.82 bits per heavy atom. The van der Waals surface area contributed by atoms with Crippen LogP contribution in [0.4, 0.5) is 0 Å². The summed E-state index contributed by atoms with van der Waals surface area (Å²) in [5.74, 6) is 3.74. The third-order valence-electron chi connectivity index (χ3n) is 2.91. The monoisotopic (exact) mass is 171 g/mol. The molecule has 1 nitrogen and oxygen atoms in total. The van der Waals surface area contributed by atoms with Crippen LogP contribution >= 0.6 is 11.8 Å². The highest BCUT2D eigenvalue weighted by Crippen LogP contribution is 2.32. The normalized spacial score (nSPS) is 40.1. The van der Waals surface area contributed by atoms with Crippen molar-refractivity contribution >= 4 is 11.8 Å². The molecule has 2 aliphatic rings. The summed E-state index contributed by atoms with van der Waals surface area (Å²) in [6, 6.07) is 0.964. The van der Waals surface area contributed by atoms with Crippen molar-refractivity contribution in [3.63, 3.8) is 0 Å². The molecule has 1 heterocycles. The smallest absolute Gasteiger partial charge is 0.0101 e. The standard InChI is InChI=1S/C9H17NS/c1-8-6-9(7-8)10-2-4-11-5-3-10/h8-9H,2-7H2,1H3. The molecule has 0 radical (unpaired) electrons. The molecule has 1 aliphatic carbocycles. The van der Waals surface area contributed by atoms with Crippen molar-refractivity contribution in [1.82, 2.24) is 4.90 Å². The first-order valence-corrected chi connectivity index (χ1v) is 5.83. The predicted molar refractivity (Wildman–Crippen MR) is 51.1 cm³/mol. The van der Waals surface area contributed by atoms with Gasteiger partial charge in [-0.1, -0.05) is 6.92 Å². The molecule has 0 atom stereocenters. The van der Waals surface area contributed by atoms with E-state index in [0.717, 1.165) is 12.0 Å². The second-order valence-electron chi connectivity index (χ2n) is 3.88. The Bertz CT molecular complexity index is 126. The summed E-state index contributed by atoms with van der Waals surface area (Å²) in [6.45, 7) is 5.07. The van der Waals surface area contributed by atoms with Crippen LogP contribution in [0.1, 0.15) is 19.8 Å². The molecule has 0 aromatic heterocycles. The minimum atomic E-state index is 0.964. The second-order valence-corrected chi connectivity index (χ2v) is 5.10. The Labute approximate surface area is 73.5 Å². The average molecular weight is 171 g/mol. The average Bonchev–Trinajstić information content (AvgIpc) is 2.01. The van der Waals surface area contributed by atoms with E-state index in [1.54, 1.807) is 0 Å². The molecular formula is C9H17NS. The van der Waals surface area contributed by atoms with Crippen molar-refractivity contribution < 1.29 is 0 Å². The lowest BCUT2D eigenvalue weighted by molar-refractivity contribution is 0.0961. The van der Waals surface area contributed by atoms with Gasteiger partial charge in [0.05, 0.1) is 0 Å². The lowest BCUT2D eigenvalue weighted by atomic mass is 9.81. The van der Waals surface area contributed by atoms with E-state index in [1.165, 1.54) is 37.4 Å². The zero-order chi connectivity index (χ0) is 7.68. The molecular weight excluding hydrogens is 154 g/mol. The van der Waals surface area contributed by atoms with Gasteiger partial charge in [-0.2, -0.15) is 11.8 Å². The highest BCUT2D eigenvalue weighted by atomic mass is 32.2. The van der Waals surface area contributed by atoms with Gasteiger partial charge in [0.2, 0.25) is 0 Å². The summed E-state index contributed by atoms with van der Waals surface area (Å²) in [4.78, 5) is 2.69. The molecule has 0 aromatic rings. The van der Waals surface area contributed by atoms with Crippen LogP contribution in [0.2, 0.25) is 0 Å². The maximum absolute atomic E-state index is 2.69. The van der Waals surface area contributed by atoms with Crippen LogP contribution < -0.4 is 0 Å². The van der Waals surface area contributed by atoms with Gasteiger partial charge in [0.25, 0.3) is 0 Å². The Balaban J connectivity index is 1.76. The fraction of sp³-hybridized carbons (Fsp3) is 1.00. The first-order valence-electron chi connectivity index (χ1n) is 4.68. The van der Waals surface area contributed by atoms with Gasteiger partial charge < -0.3 is 0 Å². The van der Waals surface area contributed by atoms with Gasteiger partial charge in [0.15, 0.2) is 0 Å². The third-order valence-corrected chi connectivity index (χ3v) is 3.85. The predicted octanol–water partition coefficient (Wildman–Crippen LogP) is 1.83. The summed E-state index contributed by atoms with van der Waals surface area (Å²) in [6.07, 6.45) is 2.93. The van der Waals surface area contributed by atoms with Gasteiger partial charge in [-0.25, -0.2) is 0 Å². The van der Waals surface area contributed by atoms with E-state index in [1.807, 2.05) is 0 Å². The van der Waals surface area contributed by atoms with E-state index in [0.29, 0.717) is 0 Å². The minimum Gasteiger partial charge on any atom is -0.299 e. The highest BCUT2D eigenvalue weighted by molar-refractivity contribution is 7.99. The van der Waals surface area contributed by atoms with Crippen LogP contribution in [-0.4, -0.2) is 35.5 Å². The zero-order valence-corrected chi connectivity index (χ0v) is 8.07. The molecule has 1 saturated heterocycles. The molecule has 2 heteroatoms. The Kier molecular flexibility index (Phi) is 2.42. The molecule has 1 saturated carbocycles. The Morgan fingerprint density at radius 3 is 2.36 bits per heavy atom. The number of rotatable bonds is 1. The van der Waals surface area contributed by atoms with E-state index in [4.69, 9.17) is 0 Å². The van der Waals surface area contributed by atoms with Crippen molar-refractivity contribution in [3.8, 4) is 0 Å². The van der Waals surface area contributed by atoms with E-state index >= 15 is 0 Å². The van der Waals surface area contributed by atoms with E-state index in [-0.39, 0.29) is 0 Å². The summed E-state index contributed by atoms with van der Waals surface area (Å²) in [5, 5.41) is 0. The quantitative estimate of drug-likeness (QED) is 0.592. The van der Waals surface area contributed by atoms with Crippen molar-refractivity contribution in [3.05, 3.63) is 0 Å². The van der Waals surface area contributed by atoms with Gasteiger partial charge in [-0.15, -0.1) is 0 Å². The summed E-state index contributed by atoms with van der Waals surface area (Å²) >= 11 is 2.11. The van der Waals surface area contributed by atoms with Gasteiger partial charge >= 0.3 is 0 Å². The molecule has 1 aliphatic heterocycles. The lowest BCUT2D eigenvalue weighted by Gasteiger charge is -2.43. The van der Waals surface area contributed by atoms with Crippen molar-refractivity contribution in [2.24, 2.45) is 5.92 Å². The maximum Gasteiger partial charge on any atom is 0.0101 e. The SMILES string of the molecule is CC1CC(N2CCSCC2)C1. The largest absolute Gasteiger partial charge is 0.299 e. The molecule has 64 valence electrons. The molecule has 2 fully saturated rings. The van der Waals surface area contributed by atoms with Crippen LogP contribution in [0.25, 0.3) is 0 Å². The molecule has 0 aromatic carbocycles. The van der Waals surface area contributed by atoms with Crippen molar-refractivity contribution in [2.45, 2.75) is 25.8 Å². The minimum absolute atomic E-state index is 0.964.